The summed E-state index contributed by atoms with van der Waals surface area (Å²) >= 11 is 8.76. The molecule has 0 radical (unpaired) electrons. The van der Waals surface area contributed by atoms with Crippen molar-refractivity contribution in [1.29, 1.82) is 0 Å². The van der Waals surface area contributed by atoms with Crippen LogP contribution in [0.2, 0.25) is 5.15 Å². The zero-order chi connectivity index (χ0) is 11.2. The van der Waals surface area contributed by atoms with Gasteiger partial charge in [0.25, 0.3) is 9.05 Å². The zero-order valence-corrected chi connectivity index (χ0v) is 10.8. The minimum atomic E-state index is -3.82. The van der Waals surface area contributed by atoms with E-state index in [9.17, 15) is 8.42 Å². The summed E-state index contributed by atoms with van der Waals surface area (Å²) in [5, 5.41) is 3.99. The second-order valence-electron chi connectivity index (χ2n) is 2.69. The van der Waals surface area contributed by atoms with Crippen LogP contribution in [-0.2, 0) is 9.05 Å². The van der Waals surface area contributed by atoms with Crippen LogP contribution in [0, 0.1) is 0 Å². The lowest BCUT2D eigenvalue weighted by Gasteiger charge is -1.98. The fourth-order valence-electron chi connectivity index (χ4n) is 1.10. The van der Waals surface area contributed by atoms with Crippen molar-refractivity contribution in [1.82, 2.24) is 5.16 Å². The Labute approximate surface area is 103 Å². The highest BCUT2D eigenvalue weighted by atomic mass is 79.9. The minimum Gasteiger partial charge on any atom is -0.355 e. The Balaban J connectivity index is 2.88. The number of rotatable bonds is 1. The van der Waals surface area contributed by atoms with Gasteiger partial charge in [-0.15, -0.1) is 0 Å². The van der Waals surface area contributed by atoms with Gasteiger partial charge in [-0.3, -0.25) is 0 Å². The molecule has 8 heteroatoms. The lowest BCUT2D eigenvalue weighted by molar-refractivity contribution is 0.456. The quantitative estimate of drug-likeness (QED) is 0.753. The first-order chi connectivity index (χ1) is 6.89. The Hall–Kier alpha value is -0.300. The molecule has 0 amide bonds. The first-order valence-electron chi connectivity index (χ1n) is 3.58. The summed E-state index contributed by atoms with van der Waals surface area (Å²) in [5.74, 6) is 0. The van der Waals surface area contributed by atoms with Crippen molar-refractivity contribution in [3.63, 3.8) is 0 Å². The van der Waals surface area contributed by atoms with Crippen molar-refractivity contribution in [2.45, 2.75) is 4.90 Å². The standard InChI is InChI=1S/C7H2BrCl2NO3S/c8-4-2-5-3(7(9)11-14-5)1-6(4)15(10,12)13/h1-2H. The van der Waals surface area contributed by atoms with E-state index in [2.05, 4.69) is 21.1 Å². The van der Waals surface area contributed by atoms with E-state index in [0.29, 0.717) is 15.4 Å². The number of hydrogen-bond acceptors (Lipinski definition) is 4. The van der Waals surface area contributed by atoms with Gasteiger partial charge >= 0.3 is 0 Å². The Bertz CT molecular complexity index is 637. The molecule has 1 heterocycles. The molecule has 0 aliphatic rings. The van der Waals surface area contributed by atoms with Gasteiger partial charge in [-0.25, -0.2) is 8.42 Å². The maximum absolute atomic E-state index is 11.2. The molecule has 2 aromatic rings. The van der Waals surface area contributed by atoms with E-state index in [-0.39, 0.29) is 10.0 Å². The maximum Gasteiger partial charge on any atom is 0.262 e. The van der Waals surface area contributed by atoms with E-state index in [1.54, 1.807) is 0 Å². The Morgan fingerprint density at radius 3 is 2.67 bits per heavy atom. The highest BCUT2D eigenvalue weighted by Crippen LogP contribution is 2.32. The molecule has 0 saturated heterocycles. The number of fused-ring (bicyclic) bond motifs is 1. The first-order valence-corrected chi connectivity index (χ1v) is 7.07. The van der Waals surface area contributed by atoms with E-state index in [4.69, 9.17) is 26.8 Å². The largest absolute Gasteiger partial charge is 0.355 e. The third-order valence-electron chi connectivity index (χ3n) is 1.74. The number of hydrogen-bond donors (Lipinski definition) is 0. The van der Waals surface area contributed by atoms with E-state index < -0.39 is 9.05 Å². The van der Waals surface area contributed by atoms with E-state index in [1.165, 1.54) is 12.1 Å². The van der Waals surface area contributed by atoms with Crippen molar-refractivity contribution in [2.24, 2.45) is 0 Å². The molecule has 0 saturated carbocycles. The van der Waals surface area contributed by atoms with Crippen molar-refractivity contribution in [3.8, 4) is 0 Å². The molecule has 0 spiro atoms. The van der Waals surface area contributed by atoms with Gasteiger partial charge in [0.05, 0.1) is 10.3 Å². The third kappa shape index (κ3) is 1.99. The highest BCUT2D eigenvalue weighted by molar-refractivity contribution is 9.10. The van der Waals surface area contributed by atoms with Crippen LogP contribution in [0.3, 0.4) is 0 Å². The fraction of sp³-hybridized carbons (Fsp3) is 0. The van der Waals surface area contributed by atoms with Gasteiger partial charge in [0.1, 0.15) is 0 Å². The molecule has 0 aliphatic carbocycles. The van der Waals surface area contributed by atoms with Gasteiger partial charge in [-0.1, -0.05) is 16.8 Å². The summed E-state index contributed by atoms with van der Waals surface area (Å²) < 4.78 is 27.5. The van der Waals surface area contributed by atoms with Crippen LogP contribution >= 0.6 is 38.2 Å². The lowest BCUT2D eigenvalue weighted by Crippen LogP contribution is -1.91. The SMILES string of the molecule is O=S(=O)(Cl)c1cc2c(Cl)noc2cc1Br. The molecule has 1 aromatic heterocycles. The summed E-state index contributed by atoms with van der Waals surface area (Å²) in [6.45, 7) is 0. The van der Waals surface area contributed by atoms with Gasteiger partial charge in [-0.2, -0.15) is 0 Å². The number of nitrogens with zero attached hydrogens (tertiary/aromatic N) is 1. The van der Waals surface area contributed by atoms with Crippen LogP contribution in [0.1, 0.15) is 0 Å². The topological polar surface area (TPSA) is 60.2 Å². The predicted molar refractivity (Wildman–Crippen MR) is 59.8 cm³/mol. The third-order valence-corrected chi connectivity index (χ3v) is 4.30. The minimum absolute atomic E-state index is 0.0678. The molecule has 0 fully saturated rings. The average Bonchev–Trinajstić information content (AvgIpc) is 2.44. The van der Waals surface area contributed by atoms with E-state index in [1.807, 2.05) is 0 Å². The number of aromatic nitrogens is 1. The smallest absolute Gasteiger partial charge is 0.262 e. The molecule has 0 atom stereocenters. The fourth-order valence-corrected chi connectivity index (χ4v) is 3.45. The van der Waals surface area contributed by atoms with Gasteiger partial charge < -0.3 is 4.52 Å². The zero-order valence-electron chi connectivity index (χ0n) is 6.87. The van der Waals surface area contributed by atoms with Gasteiger partial charge in [0.2, 0.25) is 0 Å². The van der Waals surface area contributed by atoms with Crippen LogP contribution in [0.15, 0.2) is 26.0 Å². The second kappa shape index (κ2) is 3.62. The normalized spacial score (nSPS) is 12.2. The van der Waals surface area contributed by atoms with Crippen LogP contribution in [-0.4, -0.2) is 13.6 Å². The molecular weight excluding hydrogens is 329 g/mol. The molecule has 0 bridgehead atoms. The lowest BCUT2D eigenvalue weighted by atomic mass is 10.3. The summed E-state index contributed by atoms with van der Waals surface area (Å²) in [7, 11) is 1.41. The predicted octanol–water partition coefficient (Wildman–Crippen LogP) is 3.17. The van der Waals surface area contributed by atoms with Crippen molar-refractivity contribution < 1.29 is 12.9 Å². The first kappa shape index (κ1) is 11.2. The highest BCUT2D eigenvalue weighted by Gasteiger charge is 2.18. The molecule has 15 heavy (non-hydrogen) atoms. The maximum atomic E-state index is 11.2. The summed E-state index contributed by atoms with van der Waals surface area (Å²) in [6, 6.07) is 2.75. The molecule has 4 nitrogen and oxygen atoms in total. The van der Waals surface area contributed by atoms with Crippen LogP contribution in [0.25, 0.3) is 11.0 Å². The summed E-state index contributed by atoms with van der Waals surface area (Å²) in [4.78, 5) is -0.0678. The number of benzene rings is 1. The van der Waals surface area contributed by atoms with Gasteiger partial charge in [0, 0.05) is 15.2 Å². The second-order valence-corrected chi connectivity index (χ2v) is 6.44. The summed E-state index contributed by atoms with van der Waals surface area (Å²) in [5.41, 5.74) is 0.385. The van der Waals surface area contributed by atoms with Gasteiger partial charge in [0.15, 0.2) is 10.7 Å². The van der Waals surface area contributed by atoms with Crippen LogP contribution in [0.5, 0.6) is 0 Å². The molecule has 0 aliphatic heterocycles. The molecule has 0 N–H and O–H groups in total. The molecular formula is C7H2BrCl2NO3S. The molecule has 0 unspecified atom stereocenters. The van der Waals surface area contributed by atoms with Crippen molar-refractivity contribution >= 4 is 58.2 Å². The van der Waals surface area contributed by atoms with Gasteiger partial charge in [-0.05, 0) is 28.1 Å². The Morgan fingerprint density at radius 2 is 2.07 bits per heavy atom. The van der Waals surface area contributed by atoms with E-state index in [0.717, 1.165) is 0 Å². The van der Waals surface area contributed by atoms with Crippen LogP contribution in [0.4, 0.5) is 0 Å². The molecule has 80 valence electrons. The van der Waals surface area contributed by atoms with Crippen LogP contribution < -0.4 is 0 Å². The van der Waals surface area contributed by atoms with E-state index >= 15 is 0 Å². The summed E-state index contributed by atoms with van der Waals surface area (Å²) in [6.07, 6.45) is 0. The van der Waals surface area contributed by atoms with Crippen molar-refractivity contribution in [2.75, 3.05) is 0 Å². The molecule has 1 aromatic carbocycles. The molecule has 2 rings (SSSR count). The monoisotopic (exact) mass is 329 g/mol. The number of halogens is 3. The average molecular weight is 331 g/mol. The Morgan fingerprint density at radius 1 is 1.40 bits per heavy atom. The Kier molecular flexibility index (Phi) is 2.70. The van der Waals surface area contributed by atoms with Crippen molar-refractivity contribution in [3.05, 3.63) is 21.8 Å².